The molecule has 33 heavy (non-hydrogen) atoms. The van der Waals surface area contributed by atoms with Gasteiger partial charge in [0.1, 0.15) is 18.1 Å². The number of benzene rings is 2. The maximum absolute atomic E-state index is 12.5. The first-order valence-corrected chi connectivity index (χ1v) is 9.82. The molecule has 0 saturated heterocycles. The fourth-order valence-electron chi connectivity index (χ4n) is 2.78. The van der Waals surface area contributed by atoms with Gasteiger partial charge in [0.15, 0.2) is 17.3 Å². The molecule has 1 amide bonds. The molecule has 0 aliphatic rings. The Hall–Kier alpha value is -4.08. The van der Waals surface area contributed by atoms with Crippen molar-refractivity contribution in [3.05, 3.63) is 71.7 Å². The van der Waals surface area contributed by atoms with Crippen molar-refractivity contribution in [3.8, 4) is 17.2 Å². The van der Waals surface area contributed by atoms with E-state index in [1.807, 2.05) is 0 Å². The van der Waals surface area contributed by atoms with Gasteiger partial charge >= 0.3 is 12.6 Å². The average molecular weight is 461 g/mol. The number of nitrogens with one attached hydrogen (secondary N) is 1. The van der Waals surface area contributed by atoms with Gasteiger partial charge in [-0.2, -0.15) is 8.78 Å². The van der Waals surface area contributed by atoms with E-state index in [0.29, 0.717) is 22.8 Å². The number of furan rings is 1. The average Bonchev–Trinajstić information content (AvgIpc) is 3.28. The Bertz CT molecular complexity index is 1100. The molecular weight excluding hydrogens is 440 g/mol. The summed E-state index contributed by atoms with van der Waals surface area (Å²) in [5.41, 5.74) is 0.702. The molecule has 0 fully saturated rings. The van der Waals surface area contributed by atoms with E-state index in [0.717, 1.165) is 0 Å². The first-order chi connectivity index (χ1) is 15.9. The Morgan fingerprint density at radius 3 is 2.42 bits per heavy atom. The van der Waals surface area contributed by atoms with Gasteiger partial charge in [-0.15, -0.1) is 0 Å². The molecular formula is C23H21F2NO7. The van der Waals surface area contributed by atoms with Crippen molar-refractivity contribution >= 4 is 17.6 Å². The topological polar surface area (TPSA) is 96.2 Å². The highest BCUT2D eigenvalue weighted by Crippen LogP contribution is 2.32. The van der Waals surface area contributed by atoms with E-state index >= 15 is 0 Å². The zero-order valence-electron chi connectivity index (χ0n) is 17.8. The zero-order valence-corrected chi connectivity index (χ0v) is 17.8. The second-order valence-corrected chi connectivity index (χ2v) is 6.50. The summed E-state index contributed by atoms with van der Waals surface area (Å²) in [5.74, 6) is -0.140. The number of alkyl halides is 2. The Morgan fingerprint density at radius 2 is 1.76 bits per heavy atom. The number of halogens is 2. The van der Waals surface area contributed by atoms with Gasteiger partial charge in [0.25, 0.3) is 5.91 Å². The number of carbonyl (C=O) groups excluding carboxylic acids is 2. The fraction of sp³-hybridized carbons (Fsp3) is 0.217. The molecule has 0 atom stereocenters. The van der Waals surface area contributed by atoms with Gasteiger partial charge < -0.3 is 28.7 Å². The molecule has 0 aliphatic carbocycles. The van der Waals surface area contributed by atoms with Crippen LogP contribution < -0.4 is 19.5 Å². The third-order valence-electron chi connectivity index (χ3n) is 4.26. The Balaban J connectivity index is 1.60. The van der Waals surface area contributed by atoms with E-state index < -0.39 is 18.5 Å². The quantitative estimate of drug-likeness (QED) is 0.429. The SMILES string of the molecule is CCOc1cc(NC(=O)c2ccc(COc3ccc(C(=O)OC)cc3)o2)ccc1OC(F)F. The molecule has 174 valence electrons. The molecule has 0 spiro atoms. The van der Waals surface area contributed by atoms with Gasteiger partial charge in [-0.1, -0.05) is 0 Å². The summed E-state index contributed by atoms with van der Waals surface area (Å²) >= 11 is 0. The van der Waals surface area contributed by atoms with Crippen LogP contribution in [0.2, 0.25) is 0 Å². The minimum absolute atomic E-state index is 0.0282. The molecule has 3 rings (SSSR count). The summed E-state index contributed by atoms with van der Waals surface area (Å²) in [6.07, 6.45) is 0. The van der Waals surface area contributed by atoms with Gasteiger partial charge in [0.05, 0.1) is 19.3 Å². The molecule has 0 unspecified atom stereocenters. The smallest absolute Gasteiger partial charge is 0.387 e. The molecule has 3 aromatic rings. The molecule has 0 radical (unpaired) electrons. The van der Waals surface area contributed by atoms with Gasteiger partial charge in [0.2, 0.25) is 0 Å². The van der Waals surface area contributed by atoms with Crippen molar-refractivity contribution in [3.63, 3.8) is 0 Å². The Kier molecular flexibility index (Phi) is 7.85. The maximum atomic E-state index is 12.5. The van der Waals surface area contributed by atoms with Gasteiger partial charge in [-0.3, -0.25) is 4.79 Å². The summed E-state index contributed by atoms with van der Waals surface area (Å²) in [6.45, 7) is -1.03. The molecule has 8 nitrogen and oxygen atoms in total. The lowest BCUT2D eigenvalue weighted by Gasteiger charge is -2.13. The summed E-state index contributed by atoms with van der Waals surface area (Å²) in [5, 5.41) is 2.61. The standard InChI is InChI=1S/C23H21F2NO7/c1-3-30-20-12-15(6-10-18(20)33-23(24)25)26-21(27)19-11-9-17(32-19)13-31-16-7-4-14(5-8-16)22(28)29-2/h4-12,23H,3,13H2,1-2H3,(H,26,27). The lowest BCUT2D eigenvalue weighted by atomic mass is 10.2. The summed E-state index contributed by atoms with van der Waals surface area (Å²) in [6, 6.07) is 13.5. The molecule has 0 aliphatic heterocycles. The van der Waals surface area contributed by atoms with E-state index in [9.17, 15) is 18.4 Å². The van der Waals surface area contributed by atoms with Crippen molar-refractivity contribution < 1.29 is 41.7 Å². The highest BCUT2D eigenvalue weighted by Gasteiger charge is 2.15. The molecule has 1 heterocycles. The summed E-state index contributed by atoms with van der Waals surface area (Å²) in [7, 11) is 1.30. The van der Waals surface area contributed by atoms with E-state index in [2.05, 4.69) is 14.8 Å². The van der Waals surface area contributed by atoms with Crippen LogP contribution in [-0.2, 0) is 11.3 Å². The maximum Gasteiger partial charge on any atom is 0.387 e. The number of ether oxygens (including phenoxy) is 4. The summed E-state index contributed by atoms with van der Waals surface area (Å²) in [4.78, 5) is 23.9. The van der Waals surface area contributed by atoms with Crippen LogP contribution in [0.5, 0.6) is 17.2 Å². The summed E-state index contributed by atoms with van der Waals surface area (Å²) < 4.78 is 50.5. The number of carbonyl (C=O) groups is 2. The molecule has 2 aromatic carbocycles. The van der Waals surface area contributed by atoms with Crippen LogP contribution in [0.4, 0.5) is 14.5 Å². The molecule has 1 aromatic heterocycles. The number of hydrogen-bond donors (Lipinski definition) is 1. The molecule has 1 N–H and O–H groups in total. The van der Waals surface area contributed by atoms with E-state index in [-0.39, 0.29) is 30.5 Å². The number of rotatable bonds is 10. The fourth-order valence-corrected chi connectivity index (χ4v) is 2.78. The van der Waals surface area contributed by atoms with Gasteiger partial charge in [-0.25, -0.2) is 4.79 Å². The van der Waals surface area contributed by atoms with Crippen molar-refractivity contribution in [2.75, 3.05) is 19.0 Å². The predicted molar refractivity (Wildman–Crippen MR) is 113 cm³/mol. The van der Waals surface area contributed by atoms with Crippen molar-refractivity contribution in [1.82, 2.24) is 0 Å². The van der Waals surface area contributed by atoms with Crippen LogP contribution in [0.25, 0.3) is 0 Å². The van der Waals surface area contributed by atoms with Crippen LogP contribution in [-0.4, -0.2) is 32.2 Å². The highest BCUT2D eigenvalue weighted by molar-refractivity contribution is 6.02. The number of anilines is 1. The predicted octanol–water partition coefficient (Wildman–Crippen LogP) is 4.90. The van der Waals surface area contributed by atoms with Crippen LogP contribution >= 0.6 is 0 Å². The monoisotopic (exact) mass is 461 g/mol. The minimum atomic E-state index is -3.00. The lowest BCUT2D eigenvalue weighted by Crippen LogP contribution is -2.11. The largest absolute Gasteiger partial charge is 0.490 e. The van der Waals surface area contributed by atoms with Gasteiger partial charge in [0, 0.05) is 11.8 Å². The Labute approximate surface area is 188 Å². The van der Waals surface area contributed by atoms with Crippen LogP contribution in [0, 0.1) is 0 Å². The third-order valence-corrected chi connectivity index (χ3v) is 4.26. The van der Waals surface area contributed by atoms with Crippen molar-refractivity contribution in [2.45, 2.75) is 20.1 Å². The number of esters is 1. The number of hydrogen-bond acceptors (Lipinski definition) is 7. The van der Waals surface area contributed by atoms with Gasteiger partial charge in [-0.05, 0) is 55.5 Å². The number of amides is 1. The third kappa shape index (κ3) is 6.45. The van der Waals surface area contributed by atoms with E-state index in [4.69, 9.17) is 13.9 Å². The van der Waals surface area contributed by atoms with Crippen molar-refractivity contribution in [1.29, 1.82) is 0 Å². The number of methoxy groups -OCH3 is 1. The second-order valence-electron chi connectivity index (χ2n) is 6.50. The van der Waals surface area contributed by atoms with E-state index in [1.54, 1.807) is 37.3 Å². The van der Waals surface area contributed by atoms with Crippen LogP contribution in [0.1, 0.15) is 33.6 Å². The van der Waals surface area contributed by atoms with Crippen LogP contribution in [0.3, 0.4) is 0 Å². The Morgan fingerprint density at radius 1 is 1.00 bits per heavy atom. The first-order valence-electron chi connectivity index (χ1n) is 9.82. The molecule has 0 saturated carbocycles. The second kappa shape index (κ2) is 11.0. The minimum Gasteiger partial charge on any atom is -0.490 e. The van der Waals surface area contributed by atoms with Crippen molar-refractivity contribution in [2.24, 2.45) is 0 Å². The van der Waals surface area contributed by atoms with Crippen LogP contribution in [0.15, 0.2) is 59.0 Å². The zero-order chi connectivity index (χ0) is 23.8. The molecule has 0 bridgehead atoms. The first kappa shape index (κ1) is 23.6. The molecule has 10 heteroatoms. The normalized spacial score (nSPS) is 10.6. The lowest BCUT2D eigenvalue weighted by molar-refractivity contribution is -0.0514. The van der Waals surface area contributed by atoms with E-state index in [1.165, 1.54) is 31.4 Å². The highest BCUT2D eigenvalue weighted by atomic mass is 19.3.